The number of nitrogens with one attached hydrogen (secondary N) is 2. The summed E-state index contributed by atoms with van der Waals surface area (Å²) in [5.74, 6) is -0.433. The lowest BCUT2D eigenvalue weighted by molar-refractivity contribution is 0.588. The second-order valence-electron chi connectivity index (χ2n) is 4.21. The Morgan fingerprint density at radius 2 is 1.90 bits per heavy atom. The molecular formula is C13H13BrFN3O2S. The molecule has 2 aromatic carbocycles. The SMILES string of the molecule is CNS(=O)(=O)c1ccc(N)c(Nc2ccc(Br)c(F)c2)c1. The summed E-state index contributed by atoms with van der Waals surface area (Å²) in [4.78, 5) is 0.0688. The van der Waals surface area contributed by atoms with Gasteiger partial charge in [-0.05, 0) is 59.4 Å². The highest BCUT2D eigenvalue weighted by molar-refractivity contribution is 9.10. The number of sulfonamides is 1. The molecule has 8 heteroatoms. The van der Waals surface area contributed by atoms with Crippen LogP contribution in [0, 0.1) is 5.82 Å². The van der Waals surface area contributed by atoms with Gasteiger partial charge in [0.1, 0.15) is 5.82 Å². The molecule has 0 bridgehead atoms. The third-order valence-electron chi connectivity index (χ3n) is 2.80. The van der Waals surface area contributed by atoms with E-state index in [1.54, 1.807) is 12.1 Å². The van der Waals surface area contributed by atoms with E-state index in [9.17, 15) is 12.8 Å². The van der Waals surface area contributed by atoms with Crippen molar-refractivity contribution in [2.75, 3.05) is 18.1 Å². The van der Waals surface area contributed by atoms with Crippen molar-refractivity contribution in [2.24, 2.45) is 0 Å². The van der Waals surface area contributed by atoms with Crippen LogP contribution in [0.1, 0.15) is 0 Å². The van der Waals surface area contributed by atoms with Crippen LogP contribution < -0.4 is 15.8 Å². The van der Waals surface area contributed by atoms with Gasteiger partial charge in [-0.2, -0.15) is 0 Å². The van der Waals surface area contributed by atoms with Crippen LogP contribution >= 0.6 is 15.9 Å². The molecule has 0 atom stereocenters. The zero-order valence-electron chi connectivity index (χ0n) is 11.0. The first-order valence-corrected chi connectivity index (χ1v) is 8.16. The fourth-order valence-corrected chi connectivity index (χ4v) is 2.66. The molecule has 112 valence electrons. The lowest BCUT2D eigenvalue weighted by atomic mass is 10.2. The molecule has 0 amide bonds. The van der Waals surface area contributed by atoms with E-state index in [-0.39, 0.29) is 4.90 Å². The van der Waals surface area contributed by atoms with E-state index in [1.165, 1.54) is 31.3 Å². The van der Waals surface area contributed by atoms with Crippen molar-refractivity contribution in [3.05, 3.63) is 46.7 Å². The maximum absolute atomic E-state index is 13.5. The van der Waals surface area contributed by atoms with Crippen LogP contribution in [0.25, 0.3) is 0 Å². The van der Waals surface area contributed by atoms with Gasteiger partial charge in [0.05, 0.1) is 20.7 Å². The molecule has 2 rings (SSSR count). The second-order valence-corrected chi connectivity index (χ2v) is 6.95. The molecule has 0 aromatic heterocycles. The van der Waals surface area contributed by atoms with Gasteiger partial charge in [0.15, 0.2) is 0 Å². The molecule has 5 nitrogen and oxygen atoms in total. The molecule has 0 aliphatic heterocycles. The summed E-state index contributed by atoms with van der Waals surface area (Å²) in [6.45, 7) is 0. The van der Waals surface area contributed by atoms with E-state index >= 15 is 0 Å². The fourth-order valence-electron chi connectivity index (χ4n) is 1.66. The third kappa shape index (κ3) is 3.52. The molecule has 0 radical (unpaired) electrons. The first-order valence-electron chi connectivity index (χ1n) is 5.88. The van der Waals surface area contributed by atoms with E-state index in [2.05, 4.69) is 26.0 Å². The van der Waals surface area contributed by atoms with Crippen LogP contribution in [-0.2, 0) is 10.0 Å². The van der Waals surface area contributed by atoms with Gasteiger partial charge in [-0.15, -0.1) is 0 Å². The van der Waals surface area contributed by atoms with E-state index in [0.717, 1.165) is 0 Å². The molecule has 4 N–H and O–H groups in total. The first-order chi connectivity index (χ1) is 9.83. The number of rotatable bonds is 4. The standard InChI is InChI=1S/C13H13BrFN3O2S/c1-17-21(19,20)9-3-5-12(16)13(7-9)18-8-2-4-10(14)11(15)6-8/h2-7,17-18H,16H2,1H3. The summed E-state index contributed by atoms with van der Waals surface area (Å²) in [5.41, 5.74) is 7.01. The monoisotopic (exact) mass is 373 g/mol. The number of anilines is 3. The van der Waals surface area contributed by atoms with Crippen LogP contribution in [0.2, 0.25) is 0 Å². The number of nitrogens with two attached hydrogens (primary N) is 1. The number of hydrogen-bond acceptors (Lipinski definition) is 4. The van der Waals surface area contributed by atoms with Crippen LogP contribution in [0.3, 0.4) is 0 Å². The zero-order valence-corrected chi connectivity index (χ0v) is 13.4. The van der Waals surface area contributed by atoms with Crippen molar-refractivity contribution in [2.45, 2.75) is 4.90 Å². The van der Waals surface area contributed by atoms with Crippen LogP contribution in [0.5, 0.6) is 0 Å². The molecule has 0 saturated heterocycles. The molecule has 2 aromatic rings. The Morgan fingerprint density at radius 3 is 2.52 bits per heavy atom. The van der Waals surface area contributed by atoms with Gasteiger partial charge < -0.3 is 11.1 Å². The van der Waals surface area contributed by atoms with E-state index < -0.39 is 15.8 Å². The largest absolute Gasteiger partial charge is 0.397 e. The smallest absolute Gasteiger partial charge is 0.240 e. The Labute approximate surface area is 130 Å². The highest BCUT2D eigenvalue weighted by Crippen LogP contribution is 2.28. The fraction of sp³-hybridized carbons (Fsp3) is 0.0769. The lowest BCUT2D eigenvalue weighted by Crippen LogP contribution is -2.18. The zero-order chi connectivity index (χ0) is 15.6. The Bertz CT molecular complexity index is 781. The highest BCUT2D eigenvalue weighted by atomic mass is 79.9. The van der Waals surface area contributed by atoms with Crippen molar-refractivity contribution in [1.29, 1.82) is 0 Å². The summed E-state index contributed by atoms with van der Waals surface area (Å²) in [6.07, 6.45) is 0. The molecule has 0 fully saturated rings. The third-order valence-corrected chi connectivity index (χ3v) is 4.86. The molecule has 0 heterocycles. The predicted molar refractivity (Wildman–Crippen MR) is 84.5 cm³/mol. The summed E-state index contributed by atoms with van der Waals surface area (Å²) < 4.78 is 39.6. The Kier molecular flexibility index (Phi) is 4.50. The van der Waals surface area contributed by atoms with Crippen molar-refractivity contribution < 1.29 is 12.8 Å². The van der Waals surface area contributed by atoms with Gasteiger partial charge in [-0.1, -0.05) is 0 Å². The maximum Gasteiger partial charge on any atom is 0.240 e. The Hall–Kier alpha value is -1.64. The minimum absolute atomic E-state index is 0.0688. The summed E-state index contributed by atoms with van der Waals surface area (Å²) in [6, 6.07) is 8.73. The molecule has 0 aliphatic carbocycles. The molecule has 0 spiro atoms. The van der Waals surface area contributed by atoms with Gasteiger partial charge in [0, 0.05) is 5.69 Å². The van der Waals surface area contributed by atoms with E-state index in [0.29, 0.717) is 21.5 Å². The summed E-state index contributed by atoms with van der Waals surface area (Å²) in [5, 5.41) is 2.90. The molecule has 0 unspecified atom stereocenters. The molecule has 0 saturated carbocycles. The van der Waals surface area contributed by atoms with E-state index in [1.807, 2.05) is 0 Å². The minimum Gasteiger partial charge on any atom is -0.397 e. The number of halogens is 2. The van der Waals surface area contributed by atoms with Crippen LogP contribution in [-0.4, -0.2) is 15.5 Å². The normalized spacial score (nSPS) is 11.4. The van der Waals surface area contributed by atoms with Crippen molar-refractivity contribution >= 4 is 43.0 Å². The average Bonchev–Trinajstić information content (AvgIpc) is 2.45. The van der Waals surface area contributed by atoms with Gasteiger partial charge >= 0.3 is 0 Å². The minimum atomic E-state index is -3.57. The predicted octanol–water partition coefficient (Wildman–Crippen LogP) is 2.82. The Balaban J connectivity index is 2.39. The van der Waals surface area contributed by atoms with Crippen molar-refractivity contribution in [3.63, 3.8) is 0 Å². The number of nitrogen functional groups attached to an aromatic ring is 1. The quantitative estimate of drug-likeness (QED) is 0.719. The van der Waals surface area contributed by atoms with Gasteiger partial charge in [0.2, 0.25) is 10.0 Å². The summed E-state index contributed by atoms with van der Waals surface area (Å²) >= 11 is 3.06. The van der Waals surface area contributed by atoms with Crippen molar-refractivity contribution in [3.8, 4) is 0 Å². The molecular weight excluding hydrogens is 361 g/mol. The second kappa shape index (κ2) is 6.00. The van der Waals surface area contributed by atoms with Gasteiger partial charge in [-0.25, -0.2) is 17.5 Å². The van der Waals surface area contributed by atoms with Crippen LogP contribution in [0.15, 0.2) is 45.8 Å². The Morgan fingerprint density at radius 1 is 1.19 bits per heavy atom. The van der Waals surface area contributed by atoms with Crippen molar-refractivity contribution in [1.82, 2.24) is 4.72 Å². The lowest BCUT2D eigenvalue weighted by Gasteiger charge is -2.12. The van der Waals surface area contributed by atoms with Gasteiger partial charge in [-0.3, -0.25) is 0 Å². The van der Waals surface area contributed by atoms with Gasteiger partial charge in [0.25, 0.3) is 0 Å². The number of benzene rings is 2. The first kappa shape index (κ1) is 15.7. The van der Waals surface area contributed by atoms with Crippen LogP contribution in [0.4, 0.5) is 21.5 Å². The summed E-state index contributed by atoms with van der Waals surface area (Å²) in [7, 11) is -2.25. The topological polar surface area (TPSA) is 84.2 Å². The average molecular weight is 374 g/mol. The maximum atomic E-state index is 13.5. The highest BCUT2D eigenvalue weighted by Gasteiger charge is 2.13. The van der Waals surface area contributed by atoms with E-state index in [4.69, 9.17) is 5.73 Å². The molecule has 21 heavy (non-hydrogen) atoms. The number of hydrogen-bond donors (Lipinski definition) is 3. The molecule has 0 aliphatic rings.